The fourth-order valence-electron chi connectivity index (χ4n) is 4.28. The Bertz CT molecular complexity index is 376. The molecule has 0 aliphatic carbocycles. The van der Waals surface area contributed by atoms with E-state index >= 15 is 0 Å². The molecule has 1 unspecified atom stereocenters. The number of carbonyl (C=O) groups is 1. The van der Waals surface area contributed by atoms with E-state index in [0.29, 0.717) is 19.1 Å². The summed E-state index contributed by atoms with van der Waals surface area (Å²) in [5, 5.41) is 13.7. The zero-order chi connectivity index (χ0) is 14.9. The van der Waals surface area contributed by atoms with Crippen LogP contribution in [0.1, 0.15) is 45.4 Å². The Morgan fingerprint density at radius 3 is 2.67 bits per heavy atom. The molecule has 0 bridgehead atoms. The molecule has 0 saturated carbocycles. The van der Waals surface area contributed by atoms with Crippen molar-refractivity contribution < 1.29 is 9.90 Å². The van der Waals surface area contributed by atoms with E-state index in [1.165, 1.54) is 0 Å². The summed E-state index contributed by atoms with van der Waals surface area (Å²) in [6.45, 7) is 6.36. The van der Waals surface area contributed by atoms with Gasteiger partial charge in [-0.05, 0) is 51.7 Å². The van der Waals surface area contributed by atoms with Gasteiger partial charge in [0.25, 0.3) is 0 Å². The van der Waals surface area contributed by atoms with Crippen LogP contribution in [0.3, 0.4) is 0 Å². The highest BCUT2D eigenvalue weighted by molar-refractivity contribution is 5.83. The van der Waals surface area contributed by atoms with Crippen LogP contribution in [0.25, 0.3) is 0 Å². The average Bonchev–Trinajstić information content (AvgIpc) is 2.94. The molecule has 5 heteroatoms. The van der Waals surface area contributed by atoms with Crippen molar-refractivity contribution in [3.05, 3.63) is 0 Å². The molecule has 3 aliphatic heterocycles. The quantitative estimate of drug-likeness (QED) is 0.796. The van der Waals surface area contributed by atoms with Crippen LogP contribution in [-0.4, -0.2) is 71.2 Å². The second-order valence-electron chi connectivity index (χ2n) is 7.05. The average molecular weight is 295 g/mol. The lowest BCUT2D eigenvalue weighted by atomic mass is 9.88. The first kappa shape index (κ1) is 15.3. The zero-order valence-corrected chi connectivity index (χ0v) is 13.2. The summed E-state index contributed by atoms with van der Waals surface area (Å²) in [6, 6.07) is 0.637. The molecule has 21 heavy (non-hydrogen) atoms. The van der Waals surface area contributed by atoms with Gasteiger partial charge in [0.2, 0.25) is 5.91 Å². The van der Waals surface area contributed by atoms with E-state index in [-0.39, 0.29) is 11.9 Å². The second kappa shape index (κ2) is 6.23. The van der Waals surface area contributed by atoms with Crippen molar-refractivity contribution in [2.45, 2.75) is 63.1 Å². The molecule has 1 atom stereocenters. The highest BCUT2D eigenvalue weighted by Crippen LogP contribution is 2.31. The van der Waals surface area contributed by atoms with E-state index in [1.807, 2.05) is 4.90 Å². The van der Waals surface area contributed by atoms with Gasteiger partial charge in [-0.15, -0.1) is 0 Å². The lowest BCUT2D eigenvalue weighted by Crippen LogP contribution is -2.66. The van der Waals surface area contributed by atoms with E-state index < -0.39 is 5.60 Å². The third-order valence-electron chi connectivity index (χ3n) is 5.35. The first-order valence-corrected chi connectivity index (χ1v) is 8.60. The van der Waals surface area contributed by atoms with Crippen LogP contribution in [-0.2, 0) is 4.79 Å². The van der Waals surface area contributed by atoms with Crippen molar-refractivity contribution in [2.24, 2.45) is 0 Å². The Kier molecular flexibility index (Phi) is 4.52. The smallest absolute Gasteiger partial charge is 0.240 e. The lowest BCUT2D eigenvalue weighted by Gasteiger charge is -2.48. The van der Waals surface area contributed by atoms with E-state index in [0.717, 1.165) is 58.2 Å². The molecule has 1 amide bonds. The number of piperidine rings is 1. The number of hydrogen-bond acceptors (Lipinski definition) is 4. The number of likely N-dealkylation sites (tertiary alicyclic amines) is 2. The molecule has 5 nitrogen and oxygen atoms in total. The van der Waals surface area contributed by atoms with Gasteiger partial charge in [-0.3, -0.25) is 9.69 Å². The number of nitrogens with zero attached hydrogens (tertiary/aromatic N) is 2. The van der Waals surface area contributed by atoms with E-state index in [2.05, 4.69) is 17.1 Å². The Morgan fingerprint density at radius 1 is 1.29 bits per heavy atom. The Labute approximate surface area is 127 Å². The summed E-state index contributed by atoms with van der Waals surface area (Å²) in [5.74, 6) is 0.256. The number of nitrogens with one attached hydrogen (secondary N) is 1. The van der Waals surface area contributed by atoms with Crippen LogP contribution in [0.4, 0.5) is 0 Å². The van der Waals surface area contributed by atoms with Gasteiger partial charge in [-0.2, -0.15) is 0 Å². The molecule has 3 rings (SSSR count). The molecule has 3 fully saturated rings. The molecule has 0 radical (unpaired) electrons. The molecule has 0 spiro atoms. The fraction of sp³-hybridized carbons (Fsp3) is 0.938. The van der Waals surface area contributed by atoms with E-state index in [4.69, 9.17) is 0 Å². The first-order chi connectivity index (χ1) is 10.1. The van der Waals surface area contributed by atoms with E-state index in [9.17, 15) is 9.90 Å². The molecule has 120 valence electrons. The van der Waals surface area contributed by atoms with Gasteiger partial charge in [0.1, 0.15) is 0 Å². The second-order valence-corrected chi connectivity index (χ2v) is 7.05. The summed E-state index contributed by atoms with van der Waals surface area (Å²) in [4.78, 5) is 17.0. The summed E-state index contributed by atoms with van der Waals surface area (Å²) in [6.07, 6.45) is 6.22. The maximum Gasteiger partial charge on any atom is 0.240 e. The van der Waals surface area contributed by atoms with Crippen LogP contribution in [0.15, 0.2) is 0 Å². The largest absolute Gasteiger partial charge is 0.386 e. The number of aliphatic hydroxyl groups is 1. The van der Waals surface area contributed by atoms with Crippen molar-refractivity contribution in [1.82, 2.24) is 15.1 Å². The van der Waals surface area contributed by atoms with E-state index in [1.54, 1.807) is 0 Å². The molecule has 3 aliphatic rings. The molecule has 3 heterocycles. The van der Waals surface area contributed by atoms with Gasteiger partial charge < -0.3 is 15.3 Å². The van der Waals surface area contributed by atoms with Crippen molar-refractivity contribution in [2.75, 3.05) is 32.7 Å². The Hall–Kier alpha value is -0.650. The zero-order valence-electron chi connectivity index (χ0n) is 13.2. The summed E-state index contributed by atoms with van der Waals surface area (Å²) < 4.78 is 0. The molecule has 2 N–H and O–H groups in total. The van der Waals surface area contributed by atoms with Gasteiger partial charge in [-0.1, -0.05) is 13.3 Å². The third kappa shape index (κ3) is 3.10. The molecule has 0 aromatic heterocycles. The molecular weight excluding hydrogens is 266 g/mol. The van der Waals surface area contributed by atoms with Gasteiger partial charge in [-0.25, -0.2) is 0 Å². The minimum Gasteiger partial charge on any atom is -0.386 e. The van der Waals surface area contributed by atoms with Crippen LogP contribution in [0.5, 0.6) is 0 Å². The van der Waals surface area contributed by atoms with Crippen LogP contribution in [0, 0.1) is 0 Å². The summed E-state index contributed by atoms with van der Waals surface area (Å²) in [7, 11) is 0. The number of rotatable bonds is 4. The molecule has 0 aromatic carbocycles. The maximum atomic E-state index is 12.7. The maximum absolute atomic E-state index is 12.7. The highest BCUT2D eigenvalue weighted by Gasteiger charge is 2.46. The molecule has 0 aromatic rings. The summed E-state index contributed by atoms with van der Waals surface area (Å²) in [5.41, 5.74) is -0.609. The number of carbonyl (C=O) groups excluding carboxylic acids is 1. The number of amides is 1. The van der Waals surface area contributed by atoms with Gasteiger partial charge >= 0.3 is 0 Å². The van der Waals surface area contributed by atoms with Gasteiger partial charge in [0.15, 0.2) is 0 Å². The Morgan fingerprint density at radius 2 is 2.00 bits per heavy atom. The predicted octanol–water partition coefficient (Wildman–Crippen LogP) is 0.576. The van der Waals surface area contributed by atoms with Crippen molar-refractivity contribution in [1.29, 1.82) is 0 Å². The van der Waals surface area contributed by atoms with Crippen LogP contribution >= 0.6 is 0 Å². The van der Waals surface area contributed by atoms with Crippen molar-refractivity contribution in [3.63, 3.8) is 0 Å². The fourth-order valence-corrected chi connectivity index (χ4v) is 4.28. The van der Waals surface area contributed by atoms with Gasteiger partial charge in [0, 0.05) is 6.04 Å². The minimum atomic E-state index is -0.609. The van der Waals surface area contributed by atoms with Crippen molar-refractivity contribution in [3.8, 4) is 0 Å². The number of hydrogen-bond donors (Lipinski definition) is 2. The molecular formula is C16H29N3O2. The predicted molar refractivity (Wildman–Crippen MR) is 82.1 cm³/mol. The molecule has 3 saturated heterocycles. The van der Waals surface area contributed by atoms with Gasteiger partial charge in [0.05, 0.1) is 24.7 Å². The number of β-amino-alcohol motifs (C(OH)–C–C–N with tert-alkyl or cyclic N) is 1. The third-order valence-corrected chi connectivity index (χ3v) is 5.35. The first-order valence-electron chi connectivity index (χ1n) is 8.60. The highest BCUT2D eigenvalue weighted by atomic mass is 16.3. The van der Waals surface area contributed by atoms with Crippen molar-refractivity contribution >= 4 is 5.91 Å². The normalized spacial score (nSPS) is 30.4. The van der Waals surface area contributed by atoms with Crippen LogP contribution in [0.2, 0.25) is 0 Å². The summed E-state index contributed by atoms with van der Waals surface area (Å²) >= 11 is 0. The monoisotopic (exact) mass is 295 g/mol. The topological polar surface area (TPSA) is 55.8 Å². The Balaban J connectivity index is 1.57. The minimum absolute atomic E-state index is 0.0688. The lowest BCUT2D eigenvalue weighted by molar-refractivity contribution is -0.161. The van der Waals surface area contributed by atoms with Crippen LogP contribution < -0.4 is 5.32 Å². The standard InChI is InChI=1S/C16H29N3O2/c1-2-7-16(21)11-18(12-16)15(20)14-4-3-10-19(14)13-5-8-17-9-6-13/h13-14,17,21H,2-12H2,1H3. The SMILES string of the molecule is CCCC1(O)CN(C(=O)C2CCCN2C2CCNCC2)C1.